The maximum Gasteiger partial charge on any atom is 0.284 e. The van der Waals surface area contributed by atoms with Crippen LogP contribution in [0, 0.1) is 0 Å². The maximum atomic E-state index is 5.30. The average molecular weight is 249 g/mol. The van der Waals surface area contributed by atoms with Crippen LogP contribution in [0.3, 0.4) is 0 Å². The summed E-state index contributed by atoms with van der Waals surface area (Å²) in [4.78, 5) is 0.494. The van der Waals surface area contributed by atoms with Gasteiger partial charge in [0, 0.05) is 27.6 Å². The van der Waals surface area contributed by atoms with Gasteiger partial charge in [-0.3, -0.25) is 0 Å². The predicted molar refractivity (Wildman–Crippen MR) is 51.3 cm³/mol. The van der Waals surface area contributed by atoms with E-state index in [1.54, 1.807) is 0 Å². The van der Waals surface area contributed by atoms with Crippen molar-refractivity contribution in [3.05, 3.63) is 10.7 Å². The number of thioether (sulfide) groups is 1. The minimum atomic E-state index is 0.475. The van der Waals surface area contributed by atoms with Crippen molar-refractivity contribution in [1.29, 1.82) is 0 Å². The van der Waals surface area contributed by atoms with Crippen molar-refractivity contribution in [2.45, 2.75) is 18.8 Å². The van der Waals surface area contributed by atoms with Crippen LogP contribution in [-0.2, 0) is 0 Å². The molecule has 1 unspecified atom stereocenters. The van der Waals surface area contributed by atoms with E-state index in [1.165, 1.54) is 18.6 Å². The fraction of sp³-hybridized carbons (Fsp3) is 0.714. The highest BCUT2D eigenvalue weighted by molar-refractivity contribution is 9.10. The Morgan fingerprint density at radius 1 is 1.50 bits per heavy atom. The number of hydrogen-bond donors (Lipinski definition) is 0. The van der Waals surface area contributed by atoms with Gasteiger partial charge in [0.05, 0.1) is 0 Å². The number of aromatic nitrogens is 2. The Labute approximate surface area is 83.4 Å². The lowest BCUT2D eigenvalue weighted by atomic mass is 10.1. The van der Waals surface area contributed by atoms with Crippen molar-refractivity contribution < 1.29 is 4.42 Å². The molecular formula is C7H9BrN2OS. The molecule has 0 spiro atoms. The number of halogens is 1. The SMILES string of the molecule is Brc1nnc(C2CCCSC2)o1. The molecule has 12 heavy (non-hydrogen) atoms. The van der Waals surface area contributed by atoms with Crippen LogP contribution in [-0.4, -0.2) is 21.7 Å². The molecule has 0 bridgehead atoms. The fourth-order valence-electron chi connectivity index (χ4n) is 1.32. The van der Waals surface area contributed by atoms with Crippen molar-refractivity contribution in [1.82, 2.24) is 10.2 Å². The molecule has 1 aliphatic rings. The van der Waals surface area contributed by atoms with E-state index in [0.29, 0.717) is 10.7 Å². The number of hydrogen-bond acceptors (Lipinski definition) is 4. The molecule has 1 atom stereocenters. The highest BCUT2D eigenvalue weighted by Gasteiger charge is 2.20. The first-order chi connectivity index (χ1) is 5.86. The summed E-state index contributed by atoms with van der Waals surface area (Å²) < 4.78 is 5.30. The van der Waals surface area contributed by atoms with Crippen LogP contribution in [0.4, 0.5) is 0 Å². The molecule has 0 aromatic carbocycles. The molecule has 2 rings (SSSR count). The summed E-state index contributed by atoms with van der Waals surface area (Å²) in [5.41, 5.74) is 0. The second-order valence-corrected chi connectivity index (χ2v) is 4.64. The Bertz CT molecular complexity index is 260. The van der Waals surface area contributed by atoms with Gasteiger partial charge in [-0.25, -0.2) is 0 Å². The van der Waals surface area contributed by atoms with Gasteiger partial charge in [0.15, 0.2) is 0 Å². The van der Waals surface area contributed by atoms with Crippen LogP contribution in [0.25, 0.3) is 0 Å². The van der Waals surface area contributed by atoms with E-state index < -0.39 is 0 Å². The molecule has 0 radical (unpaired) electrons. The highest BCUT2D eigenvalue weighted by atomic mass is 79.9. The summed E-state index contributed by atoms with van der Waals surface area (Å²) in [6.45, 7) is 0. The Balaban J connectivity index is 2.08. The highest BCUT2D eigenvalue weighted by Crippen LogP contribution is 2.30. The largest absolute Gasteiger partial charge is 0.415 e. The van der Waals surface area contributed by atoms with Gasteiger partial charge in [0.2, 0.25) is 5.89 Å². The molecule has 0 N–H and O–H groups in total. The summed E-state index contributed by atoms with van der Waals surface area (Å²) in [6.07, 6.45) is 2.44. The van der Waals surface area contributed by atoms with Gasteiger partial charge in [-0.1, -0.05) is 0 Å². The van der Waals surface area contributed by atoms with Crippen LogP contribution in [0.2, 0.25) is 0 Å². The number of nitrogens with zero attached hydrogens (tertiary/aromatic N) is 2. The molecule has 1 saturated heterocycles. The standard InChI is InChI=1S/C7H9BrN2OS/c8-7-10-9-6(11-7)5-2-1-3-12-4-5/h5H,1-4H2. The molecule has 0 aliphatic carbocycles. The molecule has 1 aromatic rings. The zero-order valence-corrected chi connectivity index (χ0v) is 8.90. The molecule has 0 saturated carbocycles. The fourth-order valence-corrected chi connectivity index (χ4v) is 2.69. The van der Waals surface area contributed by atoms with Gasteiger partial charge in [0.25, 0.3) is 4.80 Å². The van der Waals surface area contributed by atoms with Crippen molar-refractivity contribution in [3.63, 3.8) is 0 Å². The van der Waals surface area contributed by atoms with Gasteiger partial charge in [-0.15, -0.1) is 10.2 Å². The Morgan fingerprint density at radius 2 is 2.42 bits per heavy atom. The molecule has 3 nitrogen and oxygen atoms in total. The van der Waals surface area contributed by atoms with Gasteiger partial charge in [-0.05, 0) is 18.6 Å². The first-order valence-electron chi connectivity index (χ1n) is 3.93. The summed E-state index contributed by atoms with van der Waals surface area (Å²) in [7, 11) is 0. The van der Waals surface area contributed by atoms with E-state index in [1.807, 2.05) is 11.8 Å². The zero-order chi connectivity index (χ0) is 8.39. The lowest BCUT2D eigenvalue weighted by molar-refractivity contribution is 0.428. The smallest absolute Gasteiger partial charge is 0.284 e. The van der Waals surface area contributed by atoms with E-state index >= 15 is 0 Å². The topological polar surface area (TPSA) is 38.9 Å². The summed E-state index contributed by atoms with van der Waals surface area (Å²) in [5, 5.41) is 7.75. The predicted octanol–water partition coefficient (Wildman–Crippen LogP) is 2.44. The van der Waals surface area contributed by atoms with E-state index in [0.717, 1.165) is 11.6 Å². The molecule has 5 heteroatoms. The molecule has 66 valence electrons. The van der Waals surface area contributed by atoms with E-state index in [2.05, 4.69) is 26.1 Å². The van der Waals surface area contributed by atoms with Gasteiger partial charge in [0.1, 0.15) is 0 Å². The summed E-state index contributed by atoms with van der Waals surface area (Å²) in [6, 6.07) is 0. The minimum Gasteiger partial charge on any atom is -0.415 e. The van der Waals surface area contributed by atoms with Crippen molar-refractivity contribution in [2.75, 3.05) is 11.5 Å². The molecule has 0 amide bonds. The molecule has 1 fully saturated rings. The molecule has 1 aliphatic heterocycles. The molecule has 2 heterocycles. The van der Waals surface area contributed by atoms with Gasteiger partial charge < -0.3 is 4.42 Å². The summed E-state index contributed by atoms with van der Waals surface area (Å²) in [5.74, 6) is 3.65. The first-order valence-corrected chi connectivity index (χ1v) is 5.87. The second kappa shape index (κ2) is 3.79. The first kappa shape index (κ1) is 8.56. The zero-order valence-electron chi connectivity index (χ0n) is 6.49. The average Bonchev–Trinajstić information content (AvgIpc) is 2.54. The minimum absolute atomic E-state index is 0.475. The maximum absolute atomic E-state index is 5.30. The monoisotopic (exact) mass is 248 g/mol. The second-order valence-electron chi connectivity index (χ2n) is 2.81. The third-order valence-corrected chi connectivity index (χ3v) is 3.46. The quantitative estimate of drug-likeness (QED) is 0.766. The third-order valence-electron chi connectivity index (χ3n) is 1.93. The van der Waals surface area contributed by atoms with E-state index in [-0.39, 0.29) is 0 Å². The van der Waals surface area contributed by atoms with Crippen LogP contribution < -0.4 is 0 Å². The van der Waals surface area contributed by atoms with Crippen LogP contribution in [0.15, 0.2) is 9.22 Å². The lowest BCUT2D eigenvalue weighted by Gasteiger charge is -2.16. The van der Waals surface area contributed by atoms with Crippen molar-refractivity contribution in [2.24, 2.45) is 0 Å². The third kappa shape index (κ3) is 1.82. The van der Waals surface area contributed by atoms with Crippen molar-refractivity contribution in [3.8, 4) is 0 Å². The molecule has 1 aromatic heterocycles. The Kier molecular flexibility index (Phi) is 2.70. The number of rotatable bonds is 1. The molecular weight excluding hydrogens is 240 g/mol. The normalized spacial score (nSPS) is 24.2. The van der Waals surface area contributed by atoms with Gasteiger partial charge in [-0.2, -0.15) is 11.8 Å². The van der Waals surface area contributed by atoms with Crippen LogP contribution in [0.5, 0.6) is 0 Å². The van der Waals surface area contributed by atoms with Crippen LogP contribution in [0.1, 0.15) is 24.7 Å². The Hall–Kier alpha value is -0.0300. The lowest BCUT2D eigenvalue weighted by Crippen LogP contribution is -2.08. The van der Waals surface area contributed by atoms with E-state index in [9.17, 15) is 0 Å². The van der Waals surface area contributed by atoms with Crippen molar-refractivity contribution >= 4 is 27.7 Å². The van der Waals surface area contributed by atoms with E-state index in [4.69, 9.17) is 4.42 Å². The van der Waals surface area contributed by atoms with Crippen LogP contribution >= 0.6 is 27.7 Å². The summed E-state index contributed by atoms with van der Waals surface area (Å²) >= 11 is 5.12. The van der Waals surface area contributed by atoms with Gasteiger partial charge >= 0.3 is 0 Å². The Morgan fingerprint density at radius 3 is 3.00 bits per heavy atom.